The van der Waals surface area contributed by atoms with Gasteiger partial charge in [-0.1, -0.05) is 55.4 Å². The number of rotatable bonds is 8. The molecule has 0 bridgehead atoms. The normalized spacial score (nSPS) is 13.3. The number of nitrogens with one attached hydrogen (secondary N) is 2. The number of hydrogen-bond acceptors (Lipinski definition) is 5. The molecule has 1 aromatic heterocycles. The summed E-state index contributed by atoms with van der Waals surface area (Å²) in [4.78, 5) is 29.2. The van der Waals surface area contributed by atoms with Gasteiger partial charge in [-0.3, -0.25) is 9.59 Å². The molecule has 1 saturated carbocycles. The first kappa shape index (κ1) is 20.8. The molecule has 0 spiro atoms. The average Bonchev–Trinajstić information content (AvgIpc) is 3.45. The fourth-order valence-electron chi connectivity index (χ4n) is 3.20. The predicted molar refractivity (Wildman–Crippen MR) is 118 cm³/mol. The van der Waals surface area contributed by atoms with Gasteiger partial charge in [-0.25, -0.2) is 0 Å². The molecule has 1 aliphatic carbocycles. The molecule has 0 saturated heterocycles. The van der Waals surface area contributed by atoms with Crippen LogP contribution in [0.25, 0.3) is 11.4 Å². The first-order chi connectivity index (χ1) is 15.0. The van der Waals surface area contributed by atoms with E-state index in [1.165, 1.54) is 5.56 Å². The maximum absolute atomic E-state index is 12.4. The van der Waals surface area contributed by atoms with Crippen LogP contribution in [0.4, 0.5) is 5.69 Å². The molecule has 3 aromatic rings. The highest BCUT2D eigenvalue weighted by Crippen LogP contribution is 2.23. The Balaban J connectivity index is 1.34. The highest BCUT2D eigenvalue weighted by atomic mass is 16.5. The molecule has 0 aliphatic heterocycles. The largest absolute Gasteiger partial charge is 0.349 e. The van der Waals surface area contributed by atoms with Crippen LogP contribution in [0.2, 0.25) is 0 Å². The van der Waals surface area contributed by atoms with E-state index in [2.05, 4.69) is 46.8 Å². The number of carbonyl (C=O) groups is 2. The lowest BCUT2D eigenvalue weighted by Gasteiger charge is -2.10. The molecular weight excluding hydrogens is 392 g/mol. The second kappa shape index (κ2) is 9.12. The summed E-state index contributed by atoms with van der Waals surface area (Å²) in [5.41, 5.74) is 3.09. The lowest BCUT2D eigenvalue weighted by Crippen LogP contribution is -2.27. The smallest absolute Gasteiger partial charge is 0.253 e. The zero-order valence-corrected chi connectivity index (χ0v) is 17.7. The number of carbonyl (C=O) groups excluding carboxylic acids is 2. The van der Waals surface area contributed by atoms with Gasteiger partial charge in [-0.2, -0.15) is 4.98 Å². The van der Waals surface area contributed by atoms with Gasteiger partial charge in [-0.15, -0.1) is 0 Å². The fraction of sp³-hybridized carbons (Fsp3) is 0.333. The van der Waals surface area contributed by atoms with Crippen LogP contribution in [-0.4, -0.2) is 28.0 Å². The van der Waals surface area contributed by atoms with Crippen LogP contribution >= 0.6 is 0 Å². The topological polar surface area (TPSA) is 97.1 Å². The number of nitrogens with zero attached hydrogens (tertiary/aromatic N) is 2. The highest BCUT2D eigenvalue weighted by molar-refractivity contribution is 6.03. The average molecular weight is 418 g/mol. The maximum Gasteiger partial charge on any atom is 0.253 e. The minimum atomic E-state index is -0.215. The summed E-state index contributed by atoms with van der Waals surface area (Å²) >= 11 is 0. The predicted octanol–water partition coefficient (Wildman–Crippen LogP) is 4.32. The Morgan fingerprint density at radius 1 is 1.10 bits per heavy atom. The van der Waals surface area contributed by atoms with Gasteiger partial charge in [0.2, 0.25) is 17.6 Å². The molecule has 1 fully saturated rings. The van der Waals surface area contributed by atoms with Crippen LogP contribution in [0.3, 0.4) is 0 Å². The van der Waals surface area contributed by atoms with Crippen molar-refractivity contribution in [2.75, 3.05) is 5.32 Å². The molecule has 2 N–H and O–H groups in total. The molecule has 1 heterocycles. The Hall–Kier alpha value is -3.48. The molecule has 7 nitrogen and oxygen atoms in total. The molecule has 1 aliphatic rings. The summed E-state index contributed by atoms with van der Waals surface area (Å²) in [6.45, 7) is 4.29. The SMILES string of the molecule is CC(C)c1ccc(-c2noc(CCC(=O)Nc3ccccc3C(=O)NC3CC3)n2)cc1. The van der Waals surface area contributed by atoms with Gasteiger partial charge >= 0.3 is 0 Å². The van der Waals surface area contributed by atoms with Crippen molar-refractivity contribution in [3.05, 3.63) is 65.5 Å². The summed E-state index contributed by atoms with van der Waals surface area (Å²) in [5, 5.41) is 9.79. The second-order valence-corrected chi connectivity index (χ2v) is 8.13. The van der Waals surface area contributed by atoms with E-state index in [4.69, 9.17) is 4.52 Å². The van der Waals surface area contributed by atoms with Crippen molar-refractivity contribution >= 4 is 17.5 Å². The van der Waals surface area contributed by atoms with Gasteiger partial charge in [-0.05, 0) is 36.5 Å². The fourth-order valence-corrected chi connectivity index (χ4v) is 3.20. The number of anilines is 1. The zero-order chi connectivity index (χ0) is 21.8. The van der Waals surface area contributed by atoms with E-state index in [1.807, 2.05) is 12.1 Å². The first-order valence-corrected chi connectivity index (χ1v) is 10.6. The lowest BCUT2D eigenvalue weighted by atomic mass is 10.0. The molecule has 160 valence electrons. The quantitative estimate of drug-likeness (QED) is 0.568. The van der Waals surface area contributed by atoms with Crippen molar-refractivity contribution in [2.24, 2.45) is 0 Å². The van der Waals surface area contributed by atoms with E-state index < -0.39 is 0 Å². The van der Waals surface area contributed by atoms with Gasteiger partial charge in [0.05, 0.1) is 11.3 Å². The summed E-state index contributed by atoms with van der Waals surface area (Å²) in [7, 11) is 0. The number of hydrogen-bond donors (Lipinski definition) is 2. The van der Waals surface area contributed by atoms with Crippen molar-refractivity contribution in [3.8, 4) is 11.4 Å². The summed E-state index contributed by atoms with van der Waals surface area (Å²) < 4.78 is 5.30. The van der Waals surface area contributed by atoms with Gasteiger partial charge < -0.3 is 15.2 Å². The first-order valence-electron chi connectivity index (χ1n) is 10.6. The zero-order valence-electron chi connectivity index (χ0n) is 17.7. The Morgan fingerprint density at radius 3 is 2.55 bits per heavy atom. The minimum absolute atomic E-state index is 0.163. The third kappa shape index (κ3) is 5.36. The van der Waals surface area contributed by atoms with Crippen LogP contribution < -0.4 is 10.6 Å². The van der Waals surface area contributed by atoms with Gasteiger partial charge in [0, 0.05) is 24.4 Å². The van der Waals surface area contributed by atoms with Gasteiger partial charge in [0.1, 0.15) is 0 Å². The summed E-state index contributed by atoms with van der Waals surface area (Å²) in [5.74, 6) is 0.986. The molecule has 0 atom stereocenters. The van der Waals surface area contributed by atoms with E-state index in [0.29, 0.717) is 35.3 Å². The maximum atomic E-state index is 12.4. The monoisotopic (exact) mass is 418 g/mol. The Morgan fingerprint density at radius 2 is 1.84 bits per heavy atom. The second-order valence-electron chi connectivity index (χ2n) is 8.13. The Kier molecular flexibility index (Phi) is 6.11. The van der Waals surface area contributed by atoms with E-state index in [9.17, 15) is 9.59 Å². The lowest BCUT2D eigenvalue weighted by molar-refractivity contribution is -0.116. The van der Waals surface area contributed by atoms with E-state index >= 15 is 0 Å². The van der Waals surface area contributed by atoms with Crippen LogP contribution in [0, 0.1) is 0 Å². The van der Waals surface area contributed by atoms with Gasteiger partial charge in [0.25, 0.3) is 5.91 Å². The van der Waals surface area contributed by atoms with E-state index in [-0.39, 0.29) is 24.3 Å². The molecule has 7 heteroatoms. The van der Waals surface area contributed by atoms with Crippen molar-refractivity contribution < 1.29 is 14.1 Å². The molecule has 4 rings (SSSR count). The van der Waals surface area contributed by atoms with Crippen LogP contribution in [0.5, 0.6) is 0 Å². The number of aryl methyl sites for hydroxylation is 1. The third-order valence-electron chi connectivity index (χ3n) is 5.23. The number of para-hydroxylation sites is 1. The molecule has 0 radical (unpaired) electrons. The molecule has 0 unspecified atom stereocenters. The van der Waals surface area contributed by atoms with Crippen molar-refractivity contribution in [1.29, 1.82) is 0 Å². The van der Waals surface area contributed by atoms with Crippen molar-refractivity contribution in [2.45, 2.75) is 51.5 Å². The number of amides is 2. The van der Waals surface area contributed by atoms with Crippen molar-refractivity contribution in [3.63, 3.8) is 0 Å². The Bertz CT molecular complexity index is 1070. The summed E-state index contributed by atoms with van der Waals surface area (Å²) in [6, 6.07) is 15.3. The van der Waals surface area contributed by atoms with Crippen LogP contribution in [-0.2, 0) is 11.2 Å². The van der Waals surface area contributed by atoms with E-state index in [1.54, 1.807) is 24.3 Å². The van der Waals surface area contributed by atoms with Crippen LogP contribution in [0.1, 0.15) is 60.8 Å². The highest BCUT2D eigenvalue weighted by Gasteiger charge is 2.25. The van der Waals surface area contributed by atoms with Crippen LogP contribution in [0.15, 0.2) is 53.1 Å². The number of aromatic nitrogens is 2. The van der Waals surface area contributed by atoms with E-state index in [0.717, 1.165) is 18.4 Å². The molecule has 2 aromatic carbocycles. The van der Waals surface area contributed by atoms with Gasteiger partial charge in [0.15, 0.2) is 0 Å². The number of benzene rings is 2. The molecular formula is C24H26N4O3. The van der Waals surface area contributed by atoms with Crippen molar-refractivity contribution in [1.82, 2.24) is 15.5 Å². The molecule has 2 amide bonds. The standard InChI is InChI=1S/C24H26N4O3/c1-15(2)16-7-9-17(10-8-16)23-27-22(31-28-23)14-13-21(29)26-20-6-4-3-5-19(20)24(30)25-18-11-12-18/h3-10,15,18H,11-14H2,1-2H3,(H,25,30)(H,26,29). The molecule has 31 heavy (non-hydrogen) atoms. The third-order valence-corrected chi connectivity index (χ3v) is 5.23. The summed E-state index contributed by atoms with van der Waals surface area (Å²) in [6.07, 6.45) is 2.51. The Labute approximate surface area is 181 Å². The minimum Gasteiger partial charge on any atom is -0.349 e.